The van der Waals surface area contributed by atoms with Gasteiger partial charge in [-0.05, 0) is 75.6 Å². The highest BCUT2D eigenvalue weighted by Gasteiger charge is 2.50. The molecular formula is C54H78N4O2S4. The summed E-state index contributed by atoms with van der Waals surface area (Å²) in [6, 6.07) is 8.63. The smallest absolute Gasteiger partial charge is 0.261 e. The predicted octanol–water partition coefficient (Wildman–Crippen LogP) is 17.2. The van der Waals surface area contributed by atoms with E-state index in [2.05, 4.69) is 73.7 Å². The number of fused-ring (bicyclic) bond motifs is 1. The summed E-state index contributed by atoms with van der Waals surface area (Å²) < 4.78 is 0. The van der Waals surface area contributed by atoms with Gasteiger partial charge in [-0.3, -0.25) is 9.59 Å². The second-order valence-electron chi connectivity index (χ2n) is 18.7. The lowest BCUT2D eigenvalue weighted by atomic mass is 9.93. The molecule has 6 rings (SSSR count). The number of nitrogens with zero attached hydrogens (tertiary/aromatic N) is 4. The number of amides is 2. The molecule has 2 unspecified atom stereocenters. The van der Waals surface area contributed by atoms with E-state index in [-0.39, 0.29) is 11.8 Å². The number of carbonyl (C=O) groups excluding carboxylic acids is 2. The molecule has 4 aromatic heterocycles. The molecule has 10 heteroatoms. The summed E-state index contributed by atoms with van der Waals surface area (Å²) >= 11 is 6.78. The zero-order valence-corrected chi connectivity index (χ0v) is 43.5. The third kappa shape index (κ3) is 13.6. The van der Waals surface area contributed by atoms with Crippen LogP contribution in [0.4, 0.5) is 0 Å². The molecule has 2 amide bonds. The lowest BCUT2D eigenvalue weighted by Gasteiger charge is -2.29. The lowest BCUT2D eigenvalue weighted by Crippen LogP contribution is -2.34. The Hall–Kier alpha value is -2.92. The van der Waals surface area contributed by atoms with Crippen molar-refractivity contribution in [2.75, 3.05) is 13.1 Å². The van der Waals surface area contributed by atoms with Gasteiger partial charge in [0.2, 0.25) is 0 Å². The summed E-state index contributed by atoms with van der Waals surface area (Å²) in [7, 11) is 0. The molecule has 0 radical (unpaired) electrons. The Kier molecular flexibility index (Phi) is 20.8. The van der Waals surface area contributed by atoms with E-state index in [0.29, 0.717) is 36.1 Å². The number of carbonyl (C=O) groups is 2. The normalized spacial score (nSPS) is 15.2. The summed E-state index contributed by atoms with van der Waals surface area (Å²) in [6.07, 6.45) is 33.4. The minimum atomic E-state index is 0.0193. The van der Waals surface area contributed by atoms with Crippen molar-refractivity contribution in [3.05, 3.63) is 67.4 Å². The van der Waals surface area contributed by atoms with Crippen molar-refractivity contribution in [3.8, 4) is 19.6 Å². The Bertz CT molecular complexity index is 2120. The molecule has 6 nitrogen and oxygen atoms in total. The minimum absolute atomic E-state index is 0.0193. The van der Waals surface area contributed by atoms with Crippen LogP contribution in [0.5, 0.6) is 0 Å². The number of unbranched alkanes of at least 4 members (excludes halogenated alkanes) is 16. The van der Waals surface area contributed by atoms with E-state index in [9.17, 15) is 0 Å². The van der Waals surface area contributed by atoms with Crippen LogP contribution in [0.3, 0.4) is 0 Å². The fraction of sp³-hybridized carbons (Fsp3) is 0.630. The maximum absolute atomic E-state index is 15.5. The molecule has 0 saturated carbocycles. The second kappa shape index (κ2) is 26.4. The van der Waals surface area contributed by atoms with Crippen LogP contribution in [0.15, 0.2) is 47.8 Å². The van der Waals surface area contributed by atoms with Crippen LogP contribution >= 0.6 is 45.3 Å². The van der Waals surface area contributed by atoms with E-state index in [0.717, 1.165) is 71.5 Å². The zero-order chi connectivity index (χ0) is 45.3. The predicted molar refractivity (Wildman–Crippen MR) is 278 cm³/mol. The van der Waals surface area contributed by atoms with Crippen molar-refractivity contribution >= 4 is 68.6 Å². The van der Waals surface area contributed by atoms with E-state index in [1.54, 1.807) is 45.3 Å². The van der Waals surface area contributed by atoms with E-state index in [1.165, 1.54) is 133 Å². The van der Waals surface area contributed by atoms with Crippen molar-refractivity contribution in [1.82, 2.24) is 19.8 Å². The monoisotopic (exact) mass is 943 g/mol. The van der Waals surface area contributed by atoms with Crippen molar-refractivity contribution in [1.29, 1.82) is 0 Å². The molecule has 2 atom stereocenters. The highest BCUT2D eigenvalue weighted by molar-refractivity contribution is 7.26. The first-order chi connectivity index (χ1) is 31.3. The van der Waals surface area contributed by atoms with Crippen molar-refractivity contribution in [3.63, 3.8) is 0 Å². The average molecular weight is 944 g/mol. The number of aromatic nitrogens is 2. The molecule has 64 heavy (non-hydrogen) atoms. The van der Waals surface area contributed by atoms with Gasteiger partial charge in [-0.1, -0.05) is 156 Å². The highest BCUT2D eigenvalue weighted by Crippen LogP contribution is 2.50. The van der Waals surface area contributed by atoms with Gasteiger partial charge in [0.25, 0.3) is 11.8 Å². The van der Waals surface area contributed by atoms with Crippen LogP contribution in [0.1, 0.15) is 201 Å². The topological polar surface area (TPSA) is 66.4 Å². The largest absolute Gasteiger partial charge is 0.306 e. The number of thiophene rings is 2. The molecule has 0 aromatic carbocycles. The first-order valence-electron chi connectivity index (χ1n) is 25.5. The Balaban J connectivity index is 1.38. The molecule has 0 saturated heterocycles. The summed E-state index contributed by atoms with van der Waals surface area (Å²) in [5, 5.41) is 2.01. The Labute approximate surface area is 403 Å². The van der Waals surface area contributed by atoms with Crippen molar-refractivity contribution in [2.24, 2.45) is 11.8 Å². The number of rotatable bonds is 32. The van der Waals surface area contributed by atoms with Gasteiger partial charge >= 0.3 is 0 Å². The molecule has 0 N–H and O–H groups in total. The van der Waals surface area contributed by atoms with Crippen LogP contribution in [-0.2, 0) is 9.59 Å². The van der Waals surface area contributed by atoms with E-state index in [4.69, 9.17) is 4.98 Å². The van der Waals surface area contributed by atoms with Crippen LogP contribution in [0, 0.1) is 25.7 Å². The second-order valence-corrected chi connectivity index (χ2v) is 23.3. The van der Waals surface area contributed by atoms with Crippen molar-refractivity contribution < 1.29 is 9.59 Å². The summed E-state index contributed by atoms with van der Waals surface area (Å²) in [5.74, 6) is 0.823. The third-order valence-electron chi connectivity index (χ3n) is 13.3. The molecular weight excluding hydrogens is 865 g/mol. The minimum Gasteiger partial charge on any atom is -0.306 e. The molecule has 0 spiro atoms. The number of hydrogen-bond acceptors (Lipinski definition) is 8. The maximum Gasteiger partial charge on any atom is 0.261 e. The van der Waals surface area contributed by atoms with Gasteiger partial charge < -0.3 is 9.80 Å². The van der Waals surface area contributed by atoms with Gasteiger partial charge in [-0.25, -0.2) is 9.97 Å². The van der Waals surface area contributed by atoms with Gasteiger partial charge in [0.15, 0.2) is 0 Å². The molecule has 4 aromatic rings. The summed E-state index contributed by atoms with van der Waals surface area (Å²) in [5.41, 5.74) is 2.97. The lowest BCUT2D eigenvalue weighted by molar-refractivity contribution is -0.124. The Morgan fingerprint density at radius 1 is 0.453 bits per heavy atom. The molecule has 0 fully saturated rings. The first kappa shape index (κ1) is 50.5. The number of hydrogen-bond donors (Lipinski definition) is 0. The van der Waals surface area contributed by atoms with Crippen LogP contribution in [0.25, 0.3) is 31.0 Å². The zero-order valence-electron chi connectivity index (χ0n) is 40.2. The van der Waals surface area contributed by atoms with Gasteiger partial charge in [0.05, 0.1) is 51.9 Å². The van der Waals surface area contributed by atoms with Gasteiger partial charge in [0.1, 0.15) is 5.01 Å². The van der Waals surface area contributed by atoms with Gasteiger partial charge in [0, 0.05) is 30.4 Å². The third-order valence-corrected chi connectivity index (χ3v) is 17.7. The Morgan fingerprint density at radius 3 is 1.31 bits per heavy atom. The quantitative estimate of drug-likeness (QED) is 0.0458. The molecule has 0 aliphatic carbocycles. The average Bonchev–Trinajstić information content (AvgIpc) is 4.16. The highest BCUT2D eigenvalue weighted by atomic mass is 32.1. The summed E-state index contributed by atoms with van der Waals surface area (Å²) in [6.45, 7) is 14.6. The standard InChI is InChI=1S/C54H78N4O2S4/c1-7-11-15-19-21-25-29-41(27-23-17-13-9-3)37-57-50(43-32-31-39(5)61-43)48-49(54(57)60)51(44-33-34-45(63-44)52-56-36-47(64-52)46-35-55-40(6)62-46)58(53(48)59)38-42(28-24-18-14-10-4)30-26-22-20-16-12-8-2/h31-36,41-42H,7-30,37-38H2,1-6H3. The fourth-order valence-corrected chi connectivity index (χ4v) is 13.5. The van der Waals surface area contributed by atoms with E-state index >= 15 is 9.59 Å². The van der Waals surface area contributed by atoms with Gasteiger partial charge in [-0.2, -0.15) is 0 Å². The number of thiazole rings is 2. The molecule has 6 heterocycles. The van der Waals surface area contributed by atoms with Crippen molar-refractivity contribution in [2.45, 2.75) is 196 Å². The summed E-state index contributed by atoms with van der Waals surface area (Å²) in [4.78, 5) is 51.1. The molecule has 350 valence electrons. The SMILES string of the molecule is CCCCCCCCC(CCCCCC)CN1C(=O)C2=C(c3ccc(-c4ncc(-c5cnc(C)s5)s4)s3)N(CC(CCCCCC)CCCCCCCC)C(=O)C2=C1c1ccc(C)s1. The Morgan fingerprint density at radius 2 is 0.859 bits per heavy atom. The van der Waals surface area contributed by atoms with Crippen LogP contribution in [-0.4, -0.2) is 44.7 Å². The molecule has 0 bridgehead atoms. The number of aryl methyl sites for hydroxylation is 2. The maximum atomic E-state index is 15.5. The fourth-order valence-electron chi connectivity index (χ4n) is 9.69. The first-order valence-corrected chi connectivity index (χ1v) is 28.7. The van der Waals surface area contributed by atoms with E-state index < -0.39 is 0 Å². The van der Waals surface area contributed by atoms with Crippen LogP contribution in [0.2, 0.25) is 0 Å². The molecule has 2 aliphatic rings. The van der Waals surface area contributed by atoms with Crippen LogP contribution < -0.4 is 0 Å². The van der Waals surface area contributed by atoms with Gasteiger partial charge in [-0.15, -0.1) is 45.3 Å². The van der Waals surface area contributed by atoms with E-state index in [1.807, 2.05) is 19.3 Å². The molecule has 2 aliphatic heterocycles.